The van der Waals surface area contributed by atoms with Crippen molar-refractivity contribution in [2.24, 2.45) is 11.8 Å². The van der Waals surface area contributed by atoms with Gasteiger partial charge in [-0.05, 0) is 31.8 Å². The van der Waals surface area contributed by atoms with Crippen molar-refractivity contribution in [1.29, 1.82) is 0 Å². The molecule has 1 saturated carbocycles. The van der Waals surface area contributed by atoms with Crippen molar-refractivity contribution in [1.82, 2.24) is 0 Å². The predicted molar refractivity (Wildman–Crippen MR) is 35.0 cm³/mol. The van der Waals surface area contributed by atoms with E-state index in [1.807, 2.05) is 6.08 Å². The summed E-state index contributed by atoms with van der Waals surface area (Å²) in [6.45, 7) is 2.07. The second-order valence-corrected chi connectivity index (χ2v) is 3.08. The van der Waals surface area contributed by atoms with Crippen molar-refractivity contribution in [3.05, 3.63) is 11.6 Å². The molecule has 0 heterocycles. The Hall–Kier alpha value is -0.590. The Morgan fingerprint density at radius 2 is 2.11 bits per heavy atom. The van der Waals surface area contributed by atoms with Crippen molar-refractivity contribution in [3.8, 4) is 0 Å². The third-order valence-corrected chi connectivity index (χ3v) is 2.59. The number of carbonyl (C=O) groups excluding carboxylic acids is 1. The maximum Gasteiger partial charge on any atom is 0.159 e. The SMILES string of the molecule is CC1=CC(=O)[C@H]2CC[C@@H]12. The van der Waals surface area contributed by atoms with Crippen LogP contribution in [0.3, 0.4) is 0 Å². The number of hydrogen-bond acceptors (Lipinski definition) is 1. The average Bonchev–Trinajstić information content (AvgIpc) is 1.73. The largest absolute Gasteiger partial charge is 0.295 e. The van der Waals surface area contributed by atoms with Gasteiger partial charge < -0.3 is 0 Å². The Balaban J connectivity index is 2.29. The summed E-state index contributed by atoms with van der Waals surface area (Å²) in [4.78, 5) is 11.0. The van der Waals surface area contributed by atoms with Gasteiger partial charge in [0.05, 0.1) is 0 Å². The molecule has 0 radical (unpaired) electrons. The first-order valence-electron chi connectivity index (χ1n) is 3.51. The van der Waals surface area contributed by atoms with Crippen LogP contribution in [0.4, 0.5) is 0 Å². The molecule has 2 rings (SSSR count). The smallest absolute Gasteiger partial charge is 0.159 e. The van der Waals surface area contributed by atoms with E-state index < -0.39 is 0 Å². The van der Waals surface area contributed by atoms with Crippen LogP contribution in [0.2, 0.25) is 0 Å². The van der Waals surface area contributed by atoms with Crippen LogP contribution in [-0.4, -0.2) is 5.78 Å². The molecule has 48 valence electrons. The quantitative estimate of drug-likeness (QED) is 0.476. The summed E-state index contributed by atoms with van der Waals surface area (Å²) in [5, 5.41) is 0. The van der Waals surface area contributed by atoms with Gasteiger partial charge in [-0.1, -0.05) is 5.57 Å². The molecule has 0 aliphatic heterocycles. The van der Waals surface area contributed by atoms with Gasteiger partial charge in [-0.15, -0.1) is 0 Å². The lowest BCUT2D eigenvalue weighted by molar-refractivity contribution is -0.120. The van der Waals surface area contributed by atoms with Gasteiger partial charge in [-0.25, -0.2) is 0 Å². The fourth-order valence-corrected chi connectivity index (χ4v) is 1.82. The predicted octanol–water partition coefficient (Wildman–Crippen LogP) is 1.54. The summed E-state index contributed by atoms with van der Waals surface area (Å²) in [5.41, 5.74) is 1.32. The van der Waals surface area contributed by atoms with Crippen LogP contribution in [-0.2, 0) is 4.79 Å². The number of fused-ring (bicyclic) bond motifs is 1. The standard InChI is InChI=1S/C8H10O/c1-5-4-8(9)7-3-2-6(5)7/h4,6-7H,2-3H2,1H3/t6-,7-/m0/s1. The zero-order valence-electron chi connectivity index (χ0n) is 5.55. The molecular weight excluding hydrogens is 112 g/mol. The Kier molecular flexibility index (Phi) is 0.850. The molecule has 0 bridgehead atoms. The highest BCUT2D eigenvalue weighted by Gasteiger charge is 2.40. The highest BCUT2D eigenvalue weighted by atomic mass is 16.1. The Labute approximate surface area is 54.8 Å². The molecule has 0 N–H and O–H groups in total. The molecule has 1 heteroatoms. The third kappa shape index (κ3) is 0.521. The van der Waals surface area contributed by atoms with E-state index in [-0.39, 0.29) is 0 Å². The number of hydrogen-bond donors (Lipinski definition) is 0. The molecule has 2 aliphatic carbocycles. The van der Waals surface area contributed by atoms with Gasteiger partial charge in [-0.3, -0.25) is 4.79 Å². The van der Waals surface area contributed by atoms with Gasteiger partial charge in [0.1, 0.15) is 0 Å². The van der Waals surface area contributed by atoms with E-state index in [0.29, 0.717) is 17.6 Å². The van der Waals surface area contributed by atoms with Crippen molar-refractivity contribution in [2.75, 3.05) is 0 Å². The minimum atomic E-state index is 0.378. The summed E-state index contributed by atoms with van der Waals surface area (Å²) in [6.07, 6.45) is 4.21. The second kappa shape index (κ2) is 1.47. The van der Waals surface area contributed by atoms with Gasteiger partial charge in [0.2, 0.25) is 0 Å². The normalized spacial score (nSPS) is 39.7. The van der Waals surface area contributed by atoms with Gasteiger partial charge in [0.15, 0.2) is 5.78 Å². The maximum absolute atomic E-state index is 11.0. The summed E-state index contributed by atoms with van der Waals surface area (Å²) >= 11 is 0. The Bertz CT molecular complexity index is 191. The van der Waals surface area contributed by atoms with Crippen LogP contribution in [0, 0.1) is 11.8 Å². The third-order valence-electron chi connectivity index (χ3n) is 2.59. The van der Waals surface area contributed by atoms with Crippen LogP contribution in [0.5, 0.6) is 0 Å². The molecule has 0 aromatic heterocycles. The summed E-state index contributed by atoms with van der Waals surface area (Å²) in [5.74, 6) is 1.44. The zero-order chi connectivity index (χ0) is 6.43. The first-order valence-corrected chi connectivity index (χ1v) is 3.51. The Morgan fingerprint density at radius 3 is 2.33 bits per heavy atom. The van der Waals surface area contributed by atoms with Gasteiger partial charge in [-0.2, -0.15) is 0 Å². The number of ketones is 1. The van der Waals surface area contributed by atoms with Crippen LogP contribution in [0.25, 0.3) is 0 Å². The van der Waals surface area contributed by atoms with Gasteiger partial charge in [0.25, 0.3) is 0 Å². The second-order valence-electron chi connectivity index (χ2n) is 3.08. The fraction of sp³-hybridized carbons (Fsp3) is 0.625. The van der Waals surface area contributed by atoms with Gasteiger partial charge in [0, 0.05) is 5.92 Å². The summed E-state index contributed by atoms with van der Waals surface area (Å²) in [7, 11) is 0. The van der Waals surface area contributed by atoms with Crippen molar-refractivity contribution < 1.29 is 4.79 Å². The number of carbonyl (C=O) groups is 1. The molecular formula is C8H10O. The van der Waals surface area contributed by atoms with E-state index in [0.717, 1.165) is 6.42 Å². The van der Waals surface area contributed by atoms with E-state index in [9.17, 15) is 4.79 Å². The van der Waals surface area contributed by atoms with E-state index in [4.69, 9.17) is 0 Å². The van der Waals surface area contributed by atoms with E-state index in [1.165, 1.54) is 12.0 Å². The molecule has 0 aromatic carbocycles. The first-order chi connectivity index (χ1) is 4.29. The summed E-state index contributed by atoms with van der Waals surface area (Å²) < 4.78 is 0. The minimum Gasteiger partial charge on any atom is -0.295 e. The summed E-state index contributed by atoms with van der Waals surface area (Å²) in [6, 6.07) is 0. The van der Waals surface area contributed by atoms with E-state index in [2.05, 4.69) is 6.92 Å². The average molecular weight is 122 g/mol. The molecule has 0 aromatic rings. The molecule has 2 atom stereocenters. The molecule has 0 spiro atoms. The molecule has 0 unspecified atom stereocenters. The highest BCUT2D eigenvalue weighted by molar-refractivity contribution is 5.96. The number of rotatable bonds is 0. The number of allylic oxidation sites excluding steroid dienone is 2. The van der Waals surface area contributed by atoms with E-state index in [1.54, 1.807) is 0 Å². The Morgan fingerprint density at radius 1 is 1.44 bits per heavy atom. The van der Waals surface area contributed by atoms with Crippen molar-refractivity contribution >= 4 is 5.78 Å². The van der Waals surface area contributed by atoms with Crippen LogP contribution in [0.15, 0.2) is 11.6 Å². The lowest BCUT2D eigenvalue weighted by Gasteiger charge is -2.30. The zero-order valence-corrected chi connectivity index (χ0v) is 5.55. The molecule has 0 saturated heterocycles. The molecule has 9 heavy (non-hydrogen) atoms. The highest BCUT2D eigenvalue weighted by Crippen LogP contribution is 2.44. The first kappa shape index (κ1) is 5.21. The lowest BCUT2D eigenvalue weighted by Crippen LogP contribution is -2.26. The van der Waals surface area contributed by atoms with Crippen molar-refractivity contribution in [3.63, 3.8) is 0 Å². The molecule has 1 fully saturated rings. The maximum atomic E-state index is 11.0. The van der Waals surface area contributed by atoms with Crippen LogP contribution in [0.1, 0.15) is 19.8 Å². The monoisotopic (exact) mass is 122 g/mol. The lowest BCUT2D eigenvalue weighted by atomic mass is 9.73. The van der Waals surface area contributed by atoms with E-state index >= 15 is 0 Å². The minimum absolute atomic E-state index is 0.378. The molecule has 1 nitrogen and oxygen atoms in total. The van der Waals surface area contributed by atoms with Crippen molar-refractivity contribution in [2.45, 2.75) is 19.8 Å². The fourth-order valence-electron chi connectivity index (χ4n) is 1.82. The van der Waals surface area contributed by atoms with Crippen LogP contribution >= 0.6 is 0 Å². The van der Waals surface area contributed by atoms with Gasteiger partial charge >= 0.3 is 0 Å². The molecule has 2 aliphatic rings. The topological polar surface area (TPSA) is 17.1 Å². The molecule has 0 amide bonds. The van der Waals surface area contributed by atoms with Crippen LogP contribution < -0.4 is 0 Å².